The van der Waals surface area contributed by atoms with E-state index in [0.29, 0.717) is 36.4 Å². The van der Waals surface area contributed by atoms with Crippen molar-refractivity contribution in [3.05, 3.63) is 74.7 Å². The Bertz CT molecular complexity index is 1530. The van der Waals surface area contributed by atoms with Gasteiger partial charge in [0.05, 0.1) is 37.6 Å². The van der Waals surface area contributed by atoms with Crippen LogP contribution in [0.1, 0.15) is 11.1 Å². The molecule has 38 heavy (non-hydrogen) atoms. The van der Waals surface area contributed by atoms with E-state index in [1.165, 1.54) is 0 Å². The summed E-state index contributed by atoms with van der Waals surface area (Å²) in [7, 11) is -4.98. The maximum atomic E-state index is 13.8. The molecule has 7 nitrogen and oxygen atoms in total. The first-order chi connectivity index (χ1) is 17.3. The highest BCUT2D eigenvalue weighted by Crippen LogP contribution is 2.44. The number of ether oxygens (including phenoxy) is 1. The minimum absolute atomic E-state index is 0.125. The minimum Gasteiger partial charge on any atom is -0.456 e. The Labute approximate surface area is 225 Å². The average molecular weight is 624 g/mol. The van der Waals surface area contributed by atoms with Crippen molar-refractivity contribution in [3.8, 4) is 11.5 Å². The largest absolute Gasteiger partial charge is 0.456 e. The standard InChI is InChI=1S/C21H11Cl3F6N2O5S/c22-13-4-1-9(5-12(13)21(28,29)30)32(19(31)33)16-6-10(2-3-11(16)20(25,26)27)37-17-7-14(23)15(24)8-18(17)38(34,35)36/h1-8H,(H2,31,33)(H,34,35,36). The summed E-state index contributed by atoms with van der Waals surface area (Å²) in [5, 5.41) is -1.38. The molecular formula is C21H11Cl3F6N2O5S. The molecule has 0 aliphatic heterocycles. The molecule has 0 aromatic heterocycles. The molecule has 3 N–H and O–H groups in total. The number of benzene rings is 3. The fourth-order valence-corrected chi connectivity index (χ4v) is 4.40. The normalized spacial score (nSPS) is 12.4. The lowest BCUT2D eigenvalue weighted by Gasteiger charge is -2.26. The van der Waals surface area contributed by atoms with Crippen LogP contribution in [0.15, 0.2) is 53.4 Å². The number of primary amides is 1. The van der Waals surface area contributed by atoms with E-state index >= 15 is 0 Å². The molecule has 0 atom stereocenters. The van der Waals surface area contributed by atoms with Gasteiger partial charge in [-0.3, -0.25) is 9.45 Å². The molecule has 2 amide bonds. The van der Waals surface area contributed by atoms with Crippen molar-refractivity contribution in [2.45, 2.75) is 17.2 Å². The van der Waals surface area contributed by atoms with Crippen LogP contribution in [0, 0.1) is 0 Å². The highest BCUT2D eigenvalue weighted by atomic mass is 35.5. The van der Waals surface area contributed by atoms with E-state index in [-0.39, 0.29) is 14.9 Å². The SMILES string of the molecule is NC(=O)N(c1ccc(Cl)c(C(F)(F)F)c1)c1cc(Oc2cc(Cl)c(Cl)cc2S(=O)(=O)O)ccc1C(F)(F)F. The number of nitrogens with two attached hydrogens (primary N) is 1. The molecule has 0 spiro atoms. The summed E-state index contributed by atoms with van der Waals surface area (Å²) in [5.41, 5.74) is 0.464. The van der Waals surface area contributed by atoms with Gasteiger partial charge in [0.2, 0.25) is 0 Å². The number of anilines is 2. The summed E-state index contributed by atoms with van der Waals surface area (Å²) in [6.45, 7) is 0. The lowest BCUT2D eigenvalue weighted by atomic mass is 10.1. The molecule has 0 bridgehead atoms. The van der Waals surface area contributed by atoms with Gasteiger partial charge in [-0.2, -0.15) is 34.8 Å². The average Bonchev–Trinajstić information content (AvgIpc) is 2.75. The van der Waals surface area contributed by atoms with E-state index in [1.54, 1.807) is 0 Å². The third kappa shape index (κ3) is 6.38. The van der Waals surface area contributed by atoms with Crippen LogP contribution in [0.2, 0.25) is 15.1 Å². The molecule has 3 aromatic carbocycles. The number of nitrogens with zero attached hydrogens (tertiary/aromatic N) is 1. The van der Waals surface area contributed by atoms with E-state index in [4.69, 9.17) is 45.3 Å². The monoisotopic (exact) mass is 622 g/mol. The molecule has 3 rings (SSSR count). The van der Waals surface area contributed by atoms with Crippen molar-refractivity contribution in [3.63, 3.8) is 0 Å². The molecule has 0 radical (unpaired) electrons. The highest BCUT2D eigenvalue weighted by molar-refractivity contribution is 7.86. The molecule has 0 aliphatic rings. The third-order valence-electron chi connectivity index (χ3n) is 4.74. The Morgan fingerprint density at radius 3 is 1.95 bits per heavy atom. The van der Waals surface area contributed by atoms with Gasteiger partial charge in [-0.15, -0.1) is 0 Å². The summed E-state index contributed by atoms with van der Waals surface area (Å²) in [6.07, 6.45) is -10.2. The molecule has 17 heteroatoms. The molecule has 204 valence electrons. The van der Waals surface area contributed by atoms with Crippen LogP contribution in [-0.4, -0.2) is 19.0 Å². The van der Waals surface area contributed by atoms with Crippen molar-refractivity contribution in [1.29, 1.82) is 0 Å². The van der Waals surface area contributed by atoms with Crippen LogP contribution in [0.5, 0.6) is 11.5 Å². The van der Waals surface area contributed by atoms with Gasteiger partial charge in [0.15, 0.2) is 0 Å². The molecule has 0 saturated carbocycles. The number of hydrogen-bond donors (Lipinski definition) is 2. The van der Waals surface area contributed by atoms with Gasteiger partial charge >= 0.3 is 18.4 Å². The van der Waals surface area contributed by atoms with Crippen molar-refractivity contribution in [1.82, 2.24) is 0 Å². The molecule has 3 aromatic rings. The lowest BCUT2D eigenvalue weighted by Crippen LogP contribution is -2.33. The van der Waals surface area contributed by atoms with Crippen LogP contribution in [0.4, 0.5) is 42.5 Å². The quantitative estimate of drug-likeness (QED) is 0.222. The molecule has 0 heterocycles. The fourth-order valence-electron chi connectivity index (χ4n) is 3.17. The van der Waals surface area contributed by atoms with Crippen LogP contribution >= 0.6 is 34.8 Å². The van der Waals surface area contributed by atoms with Crippen LogP contribution in [0.25, 0.3) is 0 Å². The Kier molecular flexibility index (Phi) is 8.06. The van der Waals surface area contributed by atoms with Crippen molar-refractivity contribution < 1.29 is 48.8 Å². The highest BCUT2D eigenvalue weighted by Gasteiger charge is 2.38. The van der Waals surface area contributed by atoms with Crippen LogP contribution in [-0.2, 0) is 22.5 Å². The third-order valence-corrected chi connectivity index (χ3v) is 6.67. The smallest absolute Gasteiger partial charge is 0.418 e. The lowest BCUT2D eigenvalue weighted by molar-refractivity contribution is -0.138. The second kappa shape index (κ2) is 10.3. The Morgan fingerprint density at radius 2 is 1.42 bits per heavy atom. The van der Waals surface area contributed by atoms with Gasteiger partial charge in [0.1, 0.15) is 16.4 Å². The van der Waals surface area contributed by atoms with E-state index < -0.39 is 72.4 Å². The molecule has 0 saturated heterocycles. The zero-order chi connectivity index (χ0) is 28.8. The zero-order valence-corrected chi connectivity index (χ0v) is 21.1. The first-order valence-corrected chi connectivity index (χ1v) is 12.2. The maximum absolute atomic E-state index is 13.8. The Morgan fingerprint density at radius 1 is 0.842 bits per heavy atom. The molecule has 0 aliphatic carbocycles. The minimum atomic E-state index is -5.15. The number of hydrogen-bond acceptors (Lipinski definition) is 4. The number of rotatable bonds is 5. The molecule has 0 unspecified atom stereocenters. The maximum Gasteiger partial charge on any atom is 0.418 e. The predicted molar refractivity (Wildman–Crippen MR) is 126 cm³/mol. The number of carbonyl (C=O) groups is 1. The van der Waals surface area contributed by atoms with Crippen LogP contribution in [0.3, 0.4) is 0 Å². The number of halogens is 9. The topological polar surface area (TPSA) is 110 Å². The van der Waals surface area contributed by atoms with E-state index in [2.05, 4.69) is 0 Å². The first kappa shape index (κ1) is 29.6. The van der Waals surface area contributed by atoms with Gasteiger partial charge in [0, 0.05) is 12.1 Å². The summed E-state index contributed by atoms with van der Waals surface area (Å²) < 4.78 is 120. The molecular weight excluding hydrogens is 613 g/mol. The first-order valence-electron chi connectivity index (χ1n) is 9.62. The predicted octanol–water partition coefficient (Wildman–Crippen LogP) is 7.94. The van der Waals surface area contributed by atoms with Gasteiger partial charge in [-0.05, 0) is 36.4 Å². The Balaban J connectivity index is 2.25. The summed E-state index contributed by atoms with van der Waals surface area (Å²) >= 11 is 17.2. The van der Waals surface area contributed by atoms with Crippen molar-refractivity contribution >= 4 is 62.3 Å². The summed E-state index contributed by atoms with van der Waals surface area (Å²) in [5.74, 6) is -1.24. The Hall–Kier alpha value is -2.91. The summed E-state index contributed by atoms with van der Waals surface area (Å²) in [6, 6.07) is 3.46. The van der Waals surface area contributed by atoms with E-state index in [9.17, 15) is 44.1 Å². The van der Waals surface area contributed by atoms with Crippen molar-refractivity contribution in [2.24, 2.45) is 5.73 Å². The van der Waals surface area contributed by atoms with Gasteiger partial charge < -0.3 is 10.5 Å². The van der Waals surface area contributed by atoms with Gasteiger partial charge in [-0.1, -0.05) is 34.8 Å². The zero-order valence-electron chi connectivity index (χ0n) is 18.0. The van der Waals surface area contributed by atoms with Crippen molar-refractivity contribution in [2.75, 3.05) is 4.90 Å². The number of alkyl halides is 6. The number of urea groups is 1. The number of carbonyl (C=O) groups excluding carboxylic acids is 1. The number of amides is 2. The second-order valence-electron chi connectivity index (χ2n) is 7.30. The summed E-state index contributed by atoms with van der Waals surface area (Å²) in [4.78, 5) is 11.5. The molecule has 0 fully saturated rings. The van der Waals surface area contributed by atoms with Gasteiger partial charge in [0.25, 0.3) is 10.1 Å². The van der Waals surface area contributed by atoms with E-state index in [0.717, 1.165) is 12.1 Å². The van der Waals surface area contributed by atoms with E-state index in [1.807, 2.05) is 0 Å². The van der Waals surface area contributed by atoms with Gasteiger partial charge in [-0.25, -0.2) is 4.79 Å². The van der Waals surface area contributed by atoms with Crippen LogP contribution < -0.4 is 15.4 Å². The fraction of sp³-hybridized carbons (Fsp3) is 0.0952. The second-order valence-corrected chi connectivity index (χ2v) is 9.91.